The minimum atomic E-state index is -0.173. The van der Waals surface area contributed by atoms with Gasteiger partial charge in [0.1, 0.15) is 5.82 Å². The molecule has 1 saturated heterocycles. The minimum Gasteiger partial charge on any atom is -0.381 e. The quantitative estimate of drug-likeness (QED) is 0.812. The summed E-state index contributed by atoms with van der Waals surface area (Å²) in [5.74, 6) is -0.118. The molecule has 0 aliphatic carbocycles. The van der Waals surface area contributed by atoms with Crippen molar-refractivity contribution in [3.05, 3.63) is 35.6 Å². The lowest BCUT2D eigenvalue weighted by atomic mass is 10.1. The highest BCUT2D eigenvalue weighted by atomic mass is 19.1. The van der Waals surface area contributed by atoms with Crippen molar-refractivity contribution in [1.82, 2.24) is 5.32 Å². The number of benzene rings is 1. The molecule has 1 N–H and O–H groups in total. The highest BCUT2D eigenvalue weighted by molar-refractivity contribution is 5.78. The summed E-state index contributed by atoms with van der Waals surface area (Å²) in [6, 6.07) is 6.75. The molecular formula is C14H18FNO2. The van der Waals surface area contributed by atoms with Crippen LogP contribution in [0.1, 0.15) is 18.4 Å². The van der Waals surface area contributed by atoms with Gasteiger partial charge in [-0.25, -0.2) is 4.39 Å². The number of nitrogens with one attached hydrogen (secondary N) is 1. The normalized spacial score (nSPS) is 18.8. The van der Waals surface area contributed by atoms with E-state index in [1.54, 1.807) is 12.1 Å². The molecule has 1 aliphatic heterocycles. The molecule has 4 heteroatoms. The Labute approximate surface area is 106 Å². The molecule has 3 nitrogen and oxygen atoms in total. The zero-order valence-electron chi connectivity index (χ0n) is 10.3. The predicted octanol–water partition coefficient (Wildman–Crippen LogP) is 1.91. The molecule has 98 valence electrons. The fourth-order valence-corrected chi connectivity index (χ4v) is 2.08. The maximum Gasteiger partial charge on any atom is 0.225 e. The molecular weight excluding hydrogens is 233 g/mol. The van der Waals surface area contributed by atoms with Crippen molar-refractivity contribution in [1.29, 1.82) is 0 Å². The number of rotatable bonds is 5. The number of aryl methyl sites for hydroxylation is 1. The highest BCUT2D eigenvalue weighted by Crippen LogP contribution is 2.12. The topological polar surface area (TPSA) is 38.3 Å². The van der Waals surface area contributed by atoms with Gasteiger partial charge in [-0.2, -0.15) is 0 Å². The number of halogens is 1. The van der Waals surface area contributed by atoms with Gasteiger partial charge in [-0.3, -0.25) is 4.79 Å². The monoisotopic (exact) mass is 251 g/mol. The first kappa shape index (κ1) is 13.0. The molecule has 1 fully saturated rings. The second-order valence-electron chi connectivity index (χ2n) is 4.55. The van der Waals surface area contributed by atoms with Crippen LogP contribution in [0.4, 0.5) is 4.39 Å². The molecule has 0 aromatic heterocycles. The molecule has 0 spiro atoms. The molecule has 0 bridgehead atoms. The van der Waals surface area contributed by atoms with Crippen LogP contribution < -0.4 is 5.32 Å². The Morgan fingerprint density at radius 1 is 1.44 bits per heavy atom. The molecule has 0 saturated carbocycles. The van der Waals surface area contributed by atoms with Gasteiger partial charge in [0.25, 0.3) is 0 Å². The Balaban J connectivity index is 1.67. The third kappa shape index (κ3) is 3.53. The molecule has 18 heavy (non-hydrogen) atoms. The fourth-order valence-electron chi connectivity index (χ4n) is 2.08. The van der Waals surface area contributed by atoms with Crippen molar-refractivity contribution in [2.24, 2.45) is 5.92 Å². The van der Waals surface area contributed by atoms with Crippen molar-refractivity contribution >= 4 is 5.91 Å². The van der Waals surface area contributed by atoms with E-state index in [0.717, 1.165) is 12.8 Å². The Kier molecular flexibility index (Phi) is 4.70. The third-order valence-electron chi connectivity index (χ3n) is 3.18. The lowest BCUT2D eigenvalue weighted by Gasteiger charge is -2.09. The zero-order valence-corrected chi connectivity index (χ0v) is 10.3. The Morgan fingerprint density at radius 2 is 2.28 bits per heavy atom. The lowest BCUT2D eigenvalue weighted by molar-refractivity contribution is -0.124. The highest BCUT2D eigenvalue weighted by Gasteiger charge is 2.22. The van der Waals surface area contributed by atoms with E-state index >= 15 is 0 Å². The molecule has 1 unspecified atom stereocenters. The average Bonchev–Trinajstić information content (AvgIpc) is 2.90. The summed E-state index contributed by atoms with van der Waals surface area (Å²) in [5.41, 5.74) is 0.705. The van der Waals surface area contributed by atoms with E-state index in [4.69, 9.17) is 4.74 Å². The van der Waals surface area contributed by atoms with Crippen LogP contribution >= 0.6 is 0 Å². The maximum atomic E-state index is 13.3. The smallest absolute Gasteiger partial charge is 0.225 e. The van der Waals surface area contributed by atoms with Crippen LogP contribution in [0.2, 0.25) is 0 Å². The van der Waals surface area contributed by atoms with E-state index in [-0.39, 0.29) is 17.6 Å². The van der Waals surface area contributed by atoms with Crippen LogP contribution in [-0.4, -0.2) is 25.7 Å². The molecule has 0 radical (unpaired) electrons. The number of hydrogen-bond donors (Lipinski definition) is 1. The number of carbonyl (C=O) groups excluding carboxylic acids is 1. The summed E-state index contributed by atoms with van der Waals surface area (Å²) in [6.45, 7) is 1.79. The van der Waals surface area contributed by atoms with Gasteiger partial charge in [0.05, 0.1) is 12.5 Å². The van der Waals surface area contributed by atoms with Crippen LogP contribution in [0.3, 0.4) is 0 Å². The Morgan fingerprint density at radius 3 is 3.00 bits per heavy atom. The van der Waals surface area contributed by atoms with Gasteiger partial charge in [0, 0.05) is 13.2 Å². The van der Waals surface area contributed by atoms with E-state index in [0.29, 0.717) is 31.7 Å². The summed E-state index contributed by atoms with van der Waals surface area (Å²) < 4.78 is 18.5. The maximum absolute atomic E-state index is 13.3. The molecule has 1 amide bonds. The van der Waals surface area contributed by atoms with Gasteiger partial charge in [0.15, 0.2) is 0 Å². The molecule has 1 heterocycles. The van der Waals surface area contributed by atoms with Gasteiger partial charge >= 0.3 is 0 Å². The van der Waals surface area contributed by atoms with Gasteiger partial charge in [-0.1, -0.05) is 18.2 Å². The first-order valence-corrected chi connectivity index (χ1v) is 6.36. The van der Waals surface area contributed by atoms with E-state index in [1.807, 2.05) is 6.07 Å². The first-order chi connectivity index (χ1) is 8.77. The predicted molar refractivity (Wildman–Crippen MR) is 66.7 cm³/mol. The summed E-state index contributed by atoms with van der Waals surface area (Å²) in [7, 11) is 0. The van der Waals surface area contributed by atoms with E-state index in [9.17, 15) is 9.18 Å². The second kappa shape index (κ2) is 6.50. The first-order valence-electron chi connectivity index (χ1n) is 6.36. The second-order valence-corrected chi connectivity index (χ2v) is 4.55. The van der Waals surface area contributed by atoms with Gasteiger partial charge < -0.3 is 10.1 Å². The fraction of sp³-hybridized carbons (Fsp3) is 0.500. The molecule has 1 aliphatic rings. The number of ether oxygens (including phenoxy) is 1. The van der Waals surface area contributed by atoms with Crippen LogP contribution in [0, 0.1) is 11.7 Å². The minimum absolute atomic E-state index is 0.00142. The number of amides is 1. The van der Waals surface area contributed by atoms with Crippen molar-refractivity contribution < 1.29 is 13.9 Å². The van der Waals surface area contributed by atoms with Gasteiger partial charge in [0.2, 0.25) is 5.91 Å². The summed E-state index contributed by atoms with van der Waals surface area (Å²) in [5, 5.41) is 2.87. The number of hydrogen-bond acceptors (Lipinski definition) is 2. The van der Waals surface area contributed by atoms with E-state index in [2.05, 4.69) is 5.32 Å². The molecule has 1 aromatic rings. The standard InChI is InChI=1S/C14H18FNO2/c15-13-6-2-1-4-11(13)5-3-8-16-14(17)12-7-9-18-10-12/h1-2,4,6,12H,3,5,7-10H2,(H,16,17). The summed E-state index contributed by atoms with van der Waals surface area (Å²) in [6.07, 6.45) is 2.20. The van der Waals surface area contributed by atoms with Gasteiger partial charge in [-0.05, 0) is 30.9 Å². The van der Waals surface area contributed by atoms with Crippen LogP contribution in [0.5, 0.6) is 0 Å². The SMILES string of the molecule is O=C(NCCCc1ccccc1F)C1CCOC1. The Hall–Kier alpha value is -1.42. The van der Waals surface area contributed by atoms with Crippen molar-refractivity contribution in [2.45, 2.75) is 19.3 Å². The Bertz CT molecular complexity index is 403. The van der Waals surface area contributed by atoms with Gasteiger partial charge in [-0.15, -0.1) is 0 Å². The van der Waals surface area contributed by atoms with Crippen molar-refractivity contribution in [3.8, 4) is 0 Å². The summed E-state index contributed by atoms with van der Waals surface area (Å²) in [4.78, 5) is 11.7. The van der Waals surface area contributed by atoms with Crippen LogP contribution in [0.25, 0.3) is 0 Å². The van der Waals surface area contributed by atoms with Crippen LogP contribution in [-0.2, 0) is 16.0 Å². The van der Waals surface area contributed by atoms with Crippen molar-refractivity contribution in [2.75, 3.05) is 19.8 Å². The lowest BCUT2D eigenvalue weighted by Crippen LogP contribution is -2.31. The third-order valence-corrected chi connectivity index (χ3v) is 3.18. The van der Waals surface area contributed by atoms with Crippen molar-refractivity contribution in [3.63, 3.8) is 0 Å². The largest absolute Gasteiger partial charge is 0.381 e. The zero-order chi connectivity index (χ0) is 12.8. The number of carbonyl (C=O) groups is 1. The molecule has 1 atom stereocenters. The summed E-state index contributed by atoms with van der Waals surface area (Å²) >= 11 is 0. The van der Waals surface area contributed by atoms with E-state index in [1.165, 1.54) is 6.07 Å². The molecule has 2 rings (SSSR count). The molecule has 1 aromatic carbocycles. The van der Waals surface area contributed by atoms with Crippen LogP contribution in [0.15, 0.2) is 24.3 Å². The average molecular weight is 251 g/mol. The van der Waals surface area contributed by atoms with E-state index < -0.39 is 0 Å².